The number of pyridine rings is 1. The Balaban J connectivity index is 1.81. The molecule has 0 spiro atoms. The molecule has 1 amide bonds. The van der Waals surface area contributed by atoms with E-state index in [1.54, 1.807) is 0 Å². The van der Waals surface area contributed by atoms with Crippen LogP contribution in [-0.4, -0.2) is 36.1 Å². The van der Waals surface area contributed by atoms with Crippen molar-refractivity contribution in [1.82, 2.24) is 10.3 Å². The molecule has 1 aromatic carbocycles. The minimum Gasteiger partial charge on any atom is -0.384 e. The van der Waals surface area contributed by atoms with Crippen LogP contribution in [0.2, 0.25) is 0 Å². The number of aromatic nitrogens is 1. The first kappa shape index (κ1) is 20.6. The summed E-state index contributed by atoms with van der Waals surface area (Å²) in [4.78, 5) is 15.8. The summed E-state index contributed by atoms with van der Waals surface area (Å²) in [6, 6.07) is 9.44. The first-order valence-electron chi connectivity index (χ1n) is 8.12. The second kappa shape index (κ2) is 8.32. The summed E-state index contributed by atoms with van der Waals surface area (Å²) in [5, 5.41) is 6.40. The highest BCUT2D eigenvalue weighted by molar-refractivity contribution is 5.91. The maximum atomic E-state index is 12.7. The molecule has 2 rings (SSSR count). The summed E-state index contributed by atoms with van der Waals surface area (Å²) in [6.45, 7) is 2.45. The summed E-state index contributed by atoms with van der Waals surface area (Å²) in [5.74, 6) is -6.05. The zero-order valence-electron chi connectivity index (χ0n) is 14.4. The van der Waals surface area contributed by atoms with Gasteiger partial charge in [0.1, 0.15) is 0 Å². The standard InChI is InChI=1S/C18H18F5N3O/c1-12-11-15(13-5-2-3-6-14(13)26-12)24-9-4-10-25-16(27)7-8-17(19,20)18(21,22)23/h2-3,5-8,11H,4,9-10H2,1H3,(H,24,26)(H,25,27)/b8-7+. The molecule has 1 aromatic heterocycles. The zero-order chi connectivity index (χ0) is 20.1. The first-order chi connectivity index (χ1) is 12.6. The molecule has 27 heavy (non-hydrogen) atoms. The van der Waals surface area contributed by atoms with Crippen molar-refractivity contribution in [3.63, 3.8) is 0 Å². The Morgan fingerprint density at radius 2 is 1.85 bits per heavy atom. The lowest BCUT2D eigenvalue weighted by molar-refractivity contribution is -0.259. The van der Waals surface area contributed by atoms with Crippen molar-refractivity contribution in [3.05, 3.63) is 48.2 Å². The van der Waals surface area contributed by atoms with Gasteiger partial charge in [0.2, 0.25) is 5.91 Å². The topological polar surface area (TPSA) is 54.0 Å². The van der Waals surface area contributed by atoms with Gasteiger partial charge in [0.05, 0.1) is 5.52 Å². The molecule has 1 heterocycles. The van der Waals surface area contributed by atoms with Gasteiger partial charge in [0, 0.05) is 35.9 Å². The fourth-order valence-electron chi connectivity index (χ4n) is 2.31. The maximum absolute atomic E-state index is 12.7. The van der Waals surface area contributed by atoms with Crippen LogP contribution in [0, 0.1) is 6.92 Å². The van der Waals surface area contributed by atoms with Crippen molar-refractivity contribution in [2.24, 2.45) is 0 Å². The molecule has 2 aromatic rings. The SMILES string of the molecule is Cc1cc(NCCCNC(=O)/C=C/C(F)(F)C(F)(F)F)c2ccccc2n1. The van der Waals surface area contributed by atoms with Gasteiger partial charge in [-0.25, -0.2) is 0 Å². The van der Waals surface area contributed by atoms with E-state index in [0.717, 1.165) is 22.3 Å². The first-order valence-corrected chi connectivity index (χ1v) is 8.12. The minimum atomic E-state index is -5.72. The van der Waals surface area contributed by atoms with Gasteiger partial charge in [-0.1, -0.05) is 18.2 Å². The number of aryl methyl sites for hydroxylation is 1. The average Bonchev–Trinajstić information content (AvgIpc) is 2.58. The molecule has 0 aliphatic rings. The van der Waals surface area contributed by atoms with Crippen LogP contribution in [0.4, 0.5) is 27.6 Å². The van der Waals surface area contributed by atoms with Gasteiger partial charge >= 0.3 is 12.1 Å². The van der Waals surface area contributed by atoms with E-state index in [1.807, 2.05) is 37.3 Å². The highest BCUT2D eigenvalue weighted by Crippen LogP contribution is 2.36. The van der Waals surface area contributed by atoms with E-state index >= 15 is 0 Å². The Labute approximate surface area is 152 Å². The normalized spacial score (nSPS) is 12.5. The monoisotopic (exact) mass is 387 g/mol. The van der Waals surface area contributed by atoms with Crippen LogP contribution in [0.3, 0.4) is 0 Å². The number of allylic oxidation sites excluding steroid dienone is 1. The summed E-state index contributed by atoms with van der Waals surface area (Å²) in [5.41, 5.74) is 2.54. The molecule has 146 valence electrons. The van der Waals surface area contributed by atoms with Gasteiger partial charge in [-0.15, -0.1) is 0 Å². The number of anilines is 1. The van der Waals surface area contributed by atoms with Crippen LogP contribution in [0.25, 0.3) is 10.9 Å². The molecule has 2 N–H and O–H groups in total. The second-order valence-electron chi connectivity index (χ2n) is 5.85. The van der Waals surface area contributed by atoms with Gasteiger partial charge in [0.15, 0.2) is 0 Å². The number of halogens is 5. The summed E-state index contributed by atoms with van der Waals surface area (Å²) in [7, 11) is 0. The number of carbonyl (C=O) groups excluding carboxylic acids is 1. The number of nitrogens with zero attached hydrogens (tertiary/aromatic N) is 1. The van der Waals surface area contributed by atoms with Crippen molar-refractivity contribution in [2.45, 2.75) is 25.4 Å². The van der Waals surface area contributed by atoms with Gasteiger partial charge in [-0.3, -0.25) is 9.78 Å². The van der Waals surface area contributed by atoms with Gasteiger partial charge in [0.25, 0.3) is 0 Å². The van der Waals surface area contributed by atoms with Crippen molar-refractivity contribution in [2.75, 3.05) is 18.4 Å². The fraction of sp³-hybridized carbons (Fsp3) is 0.333. The molecule has 0 aliphatic heterocycles. The number of rotatable bonds is 7. The molecule has 9 heteroatoms. The number of nitrogens with one attached hydrogen (secondary N) is 2. The van der Waals surface area contributed by atoms with Gasteiger partial charge in [-0.05, 0) is 31.6 Å². The van der Waals surface area contributed by atoms with E-state index in [4.69, 9.17) is 0 Å². The summed E-state index contributed by atoms with van der Waals surface area (Å²) in [6.07, 6.45) is -5.53. The third-order valence-corrected chi connectivity index (χ3v) is 3.63. The smallest absolute Gasteiger partial charge is 0.384 e. The van der Waals surface area contributed by atoms with Gasteiger partial charge in [-0.2, -0.15) is 22.0 Å². The number of amides is 1. The molecule has 0 atom stereocenters. The number of fused-ring (bicyclic) bond motifs is 1. The quantitative estimate of drug-likeness (QED) is 0.425. The molecule has 0 saturated heterocycles. The van der Waals surface area contributed by atoms with E-state index in [9.17, 15) is 26.7 Å². The Kier molecular flexibility index (Phi) is 6.35. The van der Waals surface area contributed by atoms with Crippen LogP contribution in [0.15, 0.2) is 42.5 Å². The predicted molar refractivity (Wildman–Crippen MR) is 92.7 cm³/mol. The molecule has 4 nitrogen and oxygen atoms in total. The summed E-state index contributed by atoms with van der Waals surface area (Å²) >= 11 is 0. The van der Waals surface area contributed by atoms with E-state index in [-0.39, 0.29) is 12.6 Å². The van der Waals surface area contributed by atoms with Crippen LogP contribution >= 0.6 is 0 Å². The van der Waals surface area contributed by atoms with E-state index in [2.05, 4.69) is 15.6 Å². The highest BCUT2D eigenvalue weighted by atomic mass is 19.4. The lowest BCUT2D eigenvalue weighted by atomic mass is 10.1. The lowest BCUT2D eigenvalue weighted by Gasteiger charge is -2.15. The van der Waals surface area contributed by atoms with Crippen LogP contribution < -0.4 is 10.6 Å². The van der Waals surface area contributed by atoms with E-state index in [1.165, 1.54) is 0 Å². The largest absolute Gasteiger partial charge is 0.457 e. The molecule has 0 saturated carbocycles. The number of para-hydroxylation sites is 1. The minimum absolute atomic E-state index is 0.121. The Morgan fingerprint density at radius 1 is 1.15 bits per heavy atom. The highest BCUT2D eigenvalue weighted by Gasteiger charge is 2.55. The molecular formula is C18H18F5N3O. The van der Waals surface area contributed by atoms with Crippen LogP contribution in [-0.2, 0) is 4.79 Å². The number of hydrogen-bond donors (Lipinski definition) is 2. The van der Waals surface area contributed by atoms with Crippen molar-refractivity contribution in [3.8, 4) is 0 Å². The van der Waals surface area contributed by atoms with Crippen LogP contribution in [0.5, 0.6) is 0 Å². The average molecular weight is 387 g/mol. The Hall–Kier alpha value is -2.71. The maximum Gasteiger partial charge on any atom is 0.457 e. The molecule has 0 unspecified atom stereocenters. The molecule has 0 aliphatic carbocycles. The lowest BCUT2D eigenvalue weighted by Crippen LogP contribution is -2.34. The van der Waals surface area contributed by atoms with E-state index in [0.29, 0.717) is 13.0 Å². The number of benzene rings is 1. The van der Waals surface area contributed by atoms with Crippen molar-refractivity contribution in [1.29, 1.82) is 0 Å². The Morgan fingerprint density at radius 3 is 2.56 bits per heavy atom. The molecular weight excluding hydrogens is 369 g/mol. The number of hydrogen-bond acceptors (Lipinski definition) is 3. The third kappa shape index (κ3) is 5.63. The molecule has 0 bridgehead atoms. The van der Waals surface area contributed by atoms with Crippen molar-refractivity contribution < 1.29 is 26.7 Å². The Bertz CT molecular complexity index is 833. The van der Waals surface area contributed by atoms with Crippen molar-refractivity contribution >= 4 is 22.5 Å². The predicted octanol–water partition coefficient (Wildman–Crippen LogP) is 4.22. The second-order valence-corrected chi connectivity index (χ2v) is 5.85. The third-order valence-electron chi connectivity index (χ3n) is 3.63. The molecule has 0 fully saturated rings. The van der Waals surface area contributed by atoms with E-state index < -0.39 is 24.1 Å². The zero-order valence-corrected chi connectivity index (χ0v) is 14.4. The number of carbonyl (C=O) groups is 1. The van der Waals surface area contributed by atoms with Crippen LogP contribution in [0.1, 0.15) is 12.1 Å². The number of alkyl halides is 5. The summed E-state index contributed by atoms with van der Waals surface area (Å²) < 4.78 is 61.3. The molecule has 0 radical (unpaired) electrons. The fourth-order valence-corrected chi connectivity index (χ4v) is 2.31. The van der Waals surface area contributed by atoms with Gasteiger partial charge < -0.3 is 10.6 Å².